The van der Waals surface area contributed by atoms with Gasteiger partial charge in [-0.25, -0.2) is 0 Å². The minimum absolute atomic E-state index is 0.0921. The van der Waals surface area contributed by atoms with Gasteiger partial charge in [0.05, 0.1) is 24.3 Å². The lowest BCUT2D eigenvalue weighted by Gasteiger charge is -2.27. The Morgan fingerprint density at radius 1 is 1.16 bits per heavy atom. The van der Waals surface area contributed by atoms with Crippen molar-refractivity contribution in [3.8, 4) is 5.75 Å². The first-order chi connectivity index (χ1) is 15.0. The Kier molecular flexibility index (Phi) is 6.43. The monoisotopic (exact) mass is 485 g/mol. The Bertz CT molecular complexity index is 994. The van der Waals surface area contributed by atoms with Crippen molar-refractivity contribution in [1.29, 1.82) is 0 Å². The standard InChI is InChI=1S/C24H24BrNO5/c1-2-30-18-11-7-16(8-12-18)22(27)20-21(15-5-9-17(25)10-6-15)26(24(29)23(20)28)14-19-4-3-13-31-19/h5-12,19,21,27H,2-4,13-14H2,1H3. The van der Waals surface area contributed by atoms with E-state index in [1.54, 1.807) is 24.3 Å². The molecule has 1 N–H and O–H groups in total. The normalized spacial score (nSPS) is 22.8. The zero-order chi connectivity index (χ0) is 22.0. The zero-order valence-corrected chi connectivity index (χ0v) is 18.8. The summed E-state index contributed by atoms with van der Waals surface area (Å²) in [4.78, 5) is 27.5. The summed E-state index contributed by atoms with van der Waals surface area (Å²) >= 11 is 3.42. The maximum absolute atomic E-state index is 13.0. The van der Waals surface area contributed by atoms with Crippen LogP contribution in [0.5, 0.6) is 5.75 Å². The smallest absolute Gasteiger partial charge is 0.295 e. The lowest BCUT2D eigenvalue weighted by molar-refractivity contribution is -0.140. The fourth-order valence-corrected chi connectivity index (χ4v) is 4.36. The summed E-state index contributed by atoms with van der Waals surface area (Å²) in [7, 11) is 0. The number of rotatable bonds is 6. The molecule has 162 valence electrons. The number of ketones is 1. The summed E-state index contributed by atoms with van der Waals surface area (Å²) < 4.78 is 12.1. The molecule has 1 amide bonds. The number of hydrogen-bond donors (Lipinski definition) is 1. The van der Waals surface area contributed by atoms with E-state index in [9.17, 15) is 14.7 Å². The van der Waals surface area contributed by atoms with Gasteiger partial charge < -0.3 is 19.5 Å². The van der Waals surface area contributed by atoms with E-state index >= 15 is 0 Å². The third kappa shape index (κ3) is 4.38. The van der Waals surface area contributed by atoms with Crippen molar-refractivity contribution in [2.75, 3.05) is 19.8 Å². The first kappa shape index (κ1) is 21.6. The number of likely N-dealkylation sites (tertiary alicyclic amines) is 1. The van der Waals surface area contributed by atoms with Gasteiger partial charge in [0.2, 0.25) is 0 Å². The number of amides is 1. The van der Waals surface area contributed by atoms with Crippen molar-refractivity contribution in [1.82, 2.24) is 4.90 Å². The number of nitrogens with zero attached hydrogens (tertiary/aromatic N) is 1. The molecule has 2 atom stereocenters. The molecule has 6 nitrogen and oxygen atoms in total. The van der Waals surface area contributed by atoms with E-state index in [0.717, 1.165) is 22.9 Å². The SMILES string of the molecule is CCOc1ccc(C(O)=C2C(=O)C(=O)N(CC3CCCO3)C2c2ccc(Br)cc2)cc1. The van der Waals surface area contributed by atoms with Gasteiger partial charge in [-0.15, -0.1) is 0 Å². The van der Waals surface area contributed by atoms with Crippen molar-refractivity contribution in [2.24, 2.45) is 0 Å². The van der Waals surface area contributed by atoms with Gasteiger partial charge in [-0.05, 0) is 61.7 Å². The van der Waals surface area contributed by atoms with Gasteiger partial charge in [0.25, 0.3) is 11.7 Å². The van der Waals surface area contributed by atoms with Crippen LogP contribution in [0.15, 0.2) is 58.6 Å². The van der Waals surface area contributed by atoms with E-state index in [-0.39, 0.29) is 17.4 Å². The van der Waals surface area contributed by atoms with Crippen molar-refractivity contribution >= 4 is 33.4 Å². The van der Waals surface area contributed by atoms with Gasteiger partial charge in [-0.2, -0.15) is 0 Å². The predicted molar refractivity (Wildman–Crippen MR) is 120 cm³/mol. The van der Waals surface area contributed by atoms with Crippen molar-refractivity contribution in [2.45, 2.75) is 31.9 Å². The van der Waals surface area contributed by atoms with Crippen LogP contribution >= 0.6 is 15.9 Å². The lowest BCUT2D eigenvalue weighted by atomic mass is 9.95. The van der Waals surface area contributed by atoms with E-state index in [0.29, 0.717) is 31.1 Å². The second kappa shape index (κ2) is 9.24. The molecule has 0 saturated carbocycles. The van der Waals surface area contributed by atoms with Crippen LogP contribution in [-0.2, 0) is 14.3 Å². The van der Waals surface area contributed by atoms with E-state index < -0.39 is 17.7 Å². The molecule has 2 fully saturated rings. The summed E-state index contributed by atoms with van der Waals surface area (Å²) in [6.45, 7) is 3.39. The quantitative estimate of drug-likeness (QED) is 0.371. The Labute approximate surface area is 189 Å². The molecule has 31 heavy (non-hydrogen) atoms. The zero-order valence-electron chi connectivity index (χ0n) is 17.2. The highest BCUT2D eigenvalue weighted by atomic mass is 79.9. The van der Waals surface area contributed by atoms with Gasteiger partial charge in [0.1, 0.15) is 11.5 Å². The Morgan fingerprint density at radius 2 is 1.87 bits per heavy atom. The molecule has 2 aliphatic rings. The predicted octanol–water partition coefficient (Wildman–Crippen LogP) is 4.45. The van der Waals surface area contributed by atoms with Gasteiger partial charge in [-0.3, -0.25) is 9.59 Å². The highest BCUT2D eigenvalue weighted by molar-refractivity contribution is 9.10. The van der Waals surface area contributed by atoms with E-state index in [2.05, 4.69) is 15.9 Å². The van der Waals surface area contributed by atoms with Crippen molar-refractivity contribution in [3.05, 3.63) is 69.7 Å². The van der Waals surface area contributed by atoms with Crippen LogP contribution in [0.4, 0.5) is 0 Å². The summed E-state index contributed by atoms with van der Waals surface area (Å²) in [6, 6.07) is 13.6. The van der Waals surface area contributed by atoms with Crippen LogP contribution < -0.4 is 4.74 Å². The Hall–Kier alpha value is -2.64. The molecule has 2 heterocycles. The topological polar surface area (TPSA) is 76.1 Å². The van der Waals surface area contributed by atoms with Gasteiger partial charge in [0.15, 0.2) is 0 Å². The average molecular weight is 486 g/mol. The molecule has 0 bridgehead atoms. The average Bonchev–Trinajstić information content (AvgIpc) is 3.37. The Morgan fingerprint density at radius 3 is 2.48 bits per heavy atom. The maximum Gasteiger partial charge on any atom is 0.295 e. The third-order valence-corrected chi connectivity index (χ3v) is 6.12. The van der Waals surface area contributed by atoms with Crippen LogP contribution in [0.2, 0.25) is 0 Å². The van der Waals surface area contributed by atoms with E-state index in [4.69, 9.17) is 9.47 Å². The largest absolute Gasteiger partial charge is 0.507 e. The summed E-state index contributed by atoms with van der Waals surface area (Å²) in [6.07, 6.45) is 1.67. The molecule has 0 aliphatic carbocycles. The summed E-state index contributed by atoms with van der Waals surface area (Å²) in [5, 5.41) is 11.1. The van der Waals surface area contributed by atoms with Crippen molar-refractivity contribution < 1.29 is 24.2 Å². The van der Waals surface area contributed by atoms with Crippen molar-refractivity contribution in [3.63, 3.8) is 0 Å². The van der Waals surface area contributed by atoms with Crippen LogP contribution in [0, 0.1) is 0 Å². The van der Waals surface area contributed by atoms with E-state index in [1.807, 2.05) is 31.2 Å². The molecule has 2 aromatic carbocycles. The molecular formula is C24H24BrNO5. The number of halogens is 1. The van der Waals surface area contributed by atoms with Gasteiger partial charge >= 0.3 is 0 Å². The highest BCUT2D eigenvalue weighted by Crippen LogP contribution is 2.40. The number of aliphatic hydroxyl groups is 1. The number of carbonyl (C=O) groups is 2. The van der Waals surface area contributed by atoms with Crippen LogP contribution in [0.25, 0.3) is 5.76 Å². The van der Waals surface area contributed by atoms with E-state index in [1.165, 1.54) is 4.90 Å². The second-order valence-corrected chi connectivity index (χ2v) is 8.51. The number of carbonyl (C=O) groups excluding carboxylic acids is 2. The Balaban J connectivity index is 1.77. The molecule has 2 aliphatic heterocycles. The molecule has 4 rings (SSSR count). The molecule has 2 aromatic rings. The summed E-state index contributed by atoms with van der Waals surface area (Å²) in [5.74, 6) is -0.820. The molecule has 0 radical (unpaired) electrons. The fraction of sp³-hybridized carbons (Fsp3) is 0.333. The van der Waals surface area contributed by atoms with Gasteiger partial charge in [-0.1, -0.05) is 28.1 Å². The molecular weight excluding hydrogens is 462 g/mol. The van der Waals surface area contributed by atoms with Crippen LogP contribution in [-0.4, -0.2) is 47.6 Å². The number of ether oxygens (including phenoxy) is 2. The number of hydrogen-bond acceptors (Lipinski definition) is 5. The minimum atomic E-state index is -0.683. The number of benzene rings is 2. The van der Waals surface area contributed by atoms with Crippen LogP contribution in [0.1, 0.15) is 36.9 Å². The molecule has 2 saturated heterocycles. The maximum atomic E-state index is 13.0. The van der Waals surface area contributed by atoms with Gasteiger partial charge in [0, 0.05) is 23.2 Å². The lowest BCUT2D eigenvalue weighted by Crippen LogP contribution is -2.36. The molecule has 0 spiro atoms. The first-order valence-corrected chi connectivity index (χ1v) is 11.2. The second-order valence-electron chi connectivity index (χ2n) is 7.60. The first-order valence-electron chi connectivity index (χ1n) is 10.4. The third-order valence-electron chi connectivity index (χ3n) is 5.59. The minimum Gasteiger partial charge on any atom is -0.507 e. The summed E-state index contributed by atoms with van der Waals surface area (Å²) in [5.41, 5.74) is 1.31. The number of aliphatic hydroxyl groups excluding tert-OH is 1. The molecule has 0 aromatic heterocycles. The highest BCUT2D eigenvalue weighted by Gasteiger charge is 2.47. The molecule has 7 heteroatoms. The van der Waals surface area contributed by atoms with Crippen LogP contribution in [0.3, 0.4) is 0 Å². The fourth-order valence-electron chi connectivity index (χ4n) is 4.10. The molecule has 2 unspecified atom stereocenters. The number of Topliss-reactive ketones (excluding diaryl/α,β-unsaturated/α-hetero) is 1.